The molecular weight excluding hydrogens is 318 g/mol. The molecule has 2 aliphatic rings. The number of carbonyl (C=O) groups excluding carboxylic acids is 3. The minimum Gasteiger partial charge on any atom is -0.454 e. The standard InChI is InChI=1S/C15H15N3O6/c1-8(24-15(21)10-3-5-13(19)18-17-10)14(20)16-9-2-4-11-12(6-9)23-7-22-11/h2,4,6,8H,3,5,7H2,1H3,(H,16,20)(H,18,19)/t8-/m0/s1. The van der Waals surface area contributed by atoms with Crippen LogP contribution in [0.15, 0.2) is 23.3 Å². The fraction of sp³-hybridized carbons (Fsp3) is 0.333. The van der Waals surface area contributed by atoms with Crippen molar-refractivity contribution < 1.29 is 28.6 Å². The van der Waals surface area contributed by atoms with E-state index in [9.17, 15) is 14.4 Å². The highest BCUT2D eigenvalue weighted by atomic mass is 16.7. The second kappa shape index (κ2) is 6.57. The van der Waals surface area contributed by atoms with Crippen molar-refractivity contribution in [3.63, 3.8) is 0 Å². The molecule has 1 aromatic carbocycles. The van der Waals surface area contributed by atoms with Gasteiger partial charge in [0.2, 0.25) is 12.7 Å². The van der Waals surface area contributed by atoms with Gasteiger partial charge in [-0.15, -0.1) is 0 Å². The second-order valence-electron chi connectivity index (χ2n) is 5.20. The molecule has 0 saturated carbocycles. The molecule has 1 aromatic rings. The summed E-state index contributed by atoms with van der Waals surface area (Å²) >= 11 is 0. The van der Waals surface area contributed by atoms with E-state index < -0.39 is 18.0 Å². The third-order valence-electron chi connectivity index (χ3n) is 3.43. The normalized spacial score (nSPS) is 16.7. The van der Waals surface area contributed by atoms with Gasteiger partial charge in [0.05, 0.1) is 0 Å². The van der Waals surface area contributed by atoms with Gasteiger partial charge < -0.3 is 19.5 Å². The summed E-state index contributed by atoms with van der Waals surface area (Å²) in [4.78, 5) is 35.0. The highest BCUT2D eigenvalue weighted by Crippen LogP contribution is 2.34. The number of benzene rings is 1. The third-order valence-corrected chi connectivity index (χ3v) is 3.43. The van der Waals surface area contributed by atoms with Crippen molar-refractivity contribution in [2.24, 2.45) is 5.10 Å². The number of rotatable bonds is 4. The Hall–Kier alpha value is -3.10. The van der Waals surface area contributed by atoms with Crippen LogP contribution in [0.2, 0.25) is 0 Å². The van der Waals surface area contributed by atoms with Gasteiger partial charge in [-0.1, -0.05) is 0 Å². The average molecular weight is 333 g/mol. The summed E-state index contributed by atoms with van der Waals surface area (Å²) in [7, 11) is 0. The highest BCUT2D eigenvalue weighted by molar-refractivity contribution is 6.37. The average Bonchev–Trinajstić information content (AvgIpc) is 3.03. The monoisotopic (exact) mass is 333 g/mol. The molecule has 0 radical (unpaired) electrons. The van der Waals surface area contributed by atoms with E-state index >= 15 is 0 Å². The molecular formula is C15H15N3O6. The van der Waals surface area contributed by atoms with Crippen LogP contribution in [0, 0.1) is 0 Å². The van der Waals surface area contributed by atoms with Gasteiger partial charge in [0.15, 0.2) is 17.6 Å². The fourth-order valence-corrected chi connectivity index (χ4v) is 2.12. The van der Waals surface area contributed by atoms with Gasteiger partial charge in [0.1, 0.15) is 5.71 Å². The molecule has 0 aromatic heterocycles. The Morgan fingerprint density at radius 2 is 2.08 bits per heavy atom. The molecule has 2 N–H and O–H groups in total. The first-order valence-electron chi connectivity index (χ1n) is 7.30. The lowest BCUT2D eigenvalue weighted by Gasteiger charge is -2.16. The lowest BCUT2D eigenvalue weighted by Crippen LogP contribution is -2.35. The van der Waals surface area contributed by atoms with Crippen molar-refractivity contribution in [1.29, 1.82) is 0 Å². The van der Waals surface area contributed by atoms with Gasteiger partial charge in [-0.25, -0.2) is 10.2 Å². The summed E-state index contributed by atoms with van der Waals surface area (Å²) in [5.74, 6) is -0.360. The molecule has 3 rings (SSSR count). The lowest BCUT2D eigenvalue weighted by atomic mass is 10.2. The zero-order valence-corrected chi connectivity index (χ0v) is 12.8. The Bertz CT molecular complexity index is 730. The summed E-state index contributed by atoms with van der Waals surface area (Å²) in [6.45, 7) is 1.58. The molecule has 0 saturated heterocycles. The number of hydrogen-bond donors (Lipinski definition) is 2. The van der Waals surface area contributed by atoms with Crippen LogP contribution < -0.4 is 20.2 Å². The third kappa shape index (κ3) is 3.45. The number of carbonyl (C=O) groups is 3. The molecule has 24 heavy (non-hydrogen) atoms. The Balaban J connectivity index is 1.57. The van der Waals surface area contributed by atoms with Crippen LogP contribution in [0.4, 0.5) is 5.69 Å². The van der Waals surface area contributed by atoms with Crippen molar-refractivity contribution in [1.82, 2.24) is 5.43 Å². The van der Waals surface area contributed by atoms with E-state index in [4.69, 9.17) is 14.2 Å². The van der Waals surface area contributed by atoms with Gasteiger partial charge in [0, 0.05) is 24.6 Å². The molecule has 0 fully saturated rings. The van der Waals surface area contributed by atoms with E-state index in [2.05, 4.69) is 15.8 Å². The van der Waals surface area contributed by atoms with Gasteiger partial charge >= 0.3 is 5.97 Å². The van der Waals surface area contributed by atoms with E-state index in [0.29, 0.717) is 17.2 Å². The topological polar surface area (TPSA) is 115 Å². The number of hydrogen-bond acceptors (Lipinski definition) is 7. The molecule has 126 valence electrons. The predicted molar refractivity (Wildman–Crippen MR) is 81.6 cm³/mol. The molecule has 1 atom stereocenters. The summed E-state index contributed by atoms with van der Waals surface area (Å²) in [6, 6.07) is 4.95. The molecule has 9 nitrogen and oxygen atoms in total. The first-order valence-corrected chi connectivity index (χ1v) is 7.30. The SMILES string of the molecule is C[C@H](OC(=O)C1=NNC(=O)CC1)C(=O)Nc1ccc2c(c1)OCO2. The van der Waals surface area contributed by atoms with E-state index in [1.54, 1.807) is 18.2 Å². The molecule has 0 spiro atoms. The maximum absolute atomic E-state index is 12.1. The van der Waals surface area contributed by atoms with Crippen molar-refractivity contribution >= 4 is 29.2 Å². The van der Waals surface area contributed by atoms with Crippen LogP contribution >= 0.6 is 0 Å². The molecule has 9 heteroatoms. The Labute approximate surface area is 136 Å². The number of ether oxygens (including phenoxy) is 3. The molecule has 0 unspecified atom stereocenters. The lowest BCUT2D eigenvalue weighted by molar-refractivity contribution is -0.146. The minimum absolute atomic E-state index is 0.0809. The van der Waals surface area contributed by atoms with E-state index in [-0.39, 0.29) is 31.3 Å². The van der Waals surface area contributed by atoms with Crippen molar-refractivity contribution in [3.8, 4) is 11.5 Å². The summed E-state index contributed by atoms with van der Waals surface area (Å²) < 4.78 is 15.5. The summed E-state index contributed by atoms with van der Waals surface area (Å²) in [6.07, 6.45) is -0.685. The van der Waals surface area contributed by atoms with Gasteiger partial charge in [-0.05, 0) is 19.1 Å². The number of anilines is 1. The van der Waals surface area contributed by atoms with Gasteiger partial charge in [-0.3, -0.25) is 9.59 Å². The van der Waals surface area contributed by atoms with Gasteiger partial charge in [0.25, 0.3) is 5.91 Å². The zero-order chi connectivity index (χ0) is 17.1. The number of hydrazone groups is 1. The highest BCUT2D eigenvalue weighted by Gasteiger charge is 2.24. The van der Waals surface area contributed by atoms with Crippen molar-refractivity contribution in [3.05, 3.63) is 18.2 Å². The van der Waals surface area contributed by atoms with Crippen molar-refractivity contribution in [2.75, 3.05) is 12.1 Å². The van der Waals surface area contributed by atoms with Crippen molar-refractivity contribution in [2.45, 2.75) is 25.9 Å². The van der Waals surface area contributed by atoms with Crippen LogP contribution in [-0.2, 0) is 19.1 Å². The largest absolute Gasteiger partial charge is 0.454 e. The van der Waals surface area contributed by atoms with E-state index in [1.807, 2.05) is 0 Å². The molecule has 2 aliphatic heterocycles. The quantitative estimate of drug-likeness (QED) is 0.778. The smallest absolute Gasteiger partial charge is 0.355 e. The van der Waals surface area contributed by atoms with Crippen LogP contribution in [0.3, 0.4) is 0 Å². The first kappa shape index (κ1) is 15.8. The summed E-state index contributed by atoms with van der Waals surface area (Å²) in [5.41, 5.74) is 2.78. The Morgan fingerprint density at radius 3 is 2.83 bits per heavy atom. The van der Waals surface area contributed by atoms with Crippen LogP contribution in [0.1, 0.15) is 19.8 Å². The number of nitrogens with zero attached hydrogens (tertiary/aromatic N) is 1. The number of esters is 1. The minimum atomic E-state index is -1.02. The number of fused-ring (bicyclic) bond motifs is 1. The first-order chi connectivity index (χ1) is 11.5. The van der Waals surface area contributed by atoms with Crippen LogP contribution in [-0.4, -0.2) is 36.4 Å². The maximum Gasteiger partial charge on any atom is 0.355 e. The van der Waals surface area contributed by atoms with Crippen LogP contribution in [0.5, 0.6) is 11.5 Å². The van der Waals surface area contributed by atoms with E-state index in [1.165, 1.54) is 6.92 Å². The van der Waals surface area contributed by atoms with Gasteiger partial charge in [-0.2, -0.15) is 5.10 Å². The second-order valence-corrected chi connectivity index (χ2v) is 5.20. The Morgan fingerprint density at radius 1 is 1.29 bits per heavy atom. The number of nitrogens with one attached hydrogen (secondary N) is 2. The van der Waals surface area contributed by atoms with E-state index in [0.717, 1.165) is 0 Å². The van der Waals surface area contributed by atoms with Crippen LogP contribution in [0.25, 0.3) is 0 Å². The molecule has 0 aliphatic carbocycles. The number of amides is 2. The molecule has 2 heterocycles. The Kier molecular flexibility index (Phi) is 4.32. The zero-order valence-electron chi connectivity index (χ0n) is 12.8. The molecule has 2 amide bonds. The molecule has 0 bridgehead atoms. The fourth-order valence-electron chi connectivity index (χ4n) is 2.12. The predicted octanol–water partition coefficient (Wildman–Crippen LogP) is 0.551. The summed E-state index contributed by atoms with van der Waals surface area (Å²) in [5, 5.41) is 6.25. The maximum atomic E-state index is 12.1.